The molecule has 6 heteroatoms. The number of ether oxygens (including phenoxy) is 1. The second kappa shape index (κ2) is 8.54. The minimum atomic E-state index is -0.168. The normalized spacial score (nSPS) is 15.8. The molecule has 0 atom stereocenters. The predicted octanol–water partition coefficient (Wildman–Crippen LogP) is 2.38. The highest BCUT2D eigenvalue weighted by atomic mass is 16.5. The van der Waals surface area contributed by atoms with Gasteiger partial charge in [0.2, 0.25) is 0 Å². The largest absolute Gasteiger partial charge is 0.468 e. The zero-order valence-electron chi connectivity index (χ0n) is 16.3. The zero-order chi connectivity index (χ0) is 19.3. The third-order valence-corrected chi connectivity index (χ3v) is 5.33. The molecule has 3 aromatic rings. The van der Waals surface area contributed by atoms with Gasteiger partial charge in [-0.2, -0.15) is 0 Å². The molecule has 1 aliphatic heterocycles. The second-order valence-electron chi connectivity index (χ2n) is 7.22. The van der Waals surface area contributed by atoms with E-state index in [9.17, 15) is 4.79 Å². The Morgan fingerprint density at radius 3 is 2.36 bits per heavy atom. The van der Waals surface area contributed by atoms with Gasteiger partial charge in [-0.25, -0.2) is 4.98 Å². The van der Waals surface area contributed by atoms with Gasteiger partial charge in [0.25, 0.3) is 0 Å². The molecule has 0 N–H and O–H groups in total. The highest BCUT2D eigenvalue weighted by Crippen LogP contribution is 2.20. The Bertz CT molecular complexity index is 930. The molecule has 2 aromatic carbocycles. The quantitative estimate of drug-likeness (QED) is 0.617. The topological polar surface area (TPSA) is 50.6 Å². The fourth-order valence-electron chi connectivity index (χ4n) is 3.74. The van der Waals surface area contributed by atoms with E-state index in [0.717, 1.165) is 50.6 Å². The van der Waals surface area contributed by atoms with E-state index in [4.69, 9.17) is 9.72 Å². The van der Waals surface area contributed by atoms with E-state index in [1.807, 2.05) is 12.1 Å². The van der Waals surface area contributed by atoms with Gasteiger partial charge in [0, 0.05) is 32.7 Å². The summed E-state index contributed by atoms with van der Waals surface area (Å²) < 4.78 is 7.10. The molecule has 6 nitrogen and oxygen atoms in total. The van der Waals surface area contributed by atoms with Crippen molar-refractivity contribution in [3.63, 3.8) is 0 Å². The Morgan fingerprint density at radius 1 is 0.929 bits per heavy atom. The molecule has 1 aromatic heterocycles. The van der Waals surface area contributed by atoms with Gasteiger partial charge in [-0.15, -0.1) is 0 Å². The number of piperazine rings is 1. The lowest BCUT2D eigenvalue weighted by Gasteiger charge is -2.33. The van der Waals surface area contributed by atoms with Gasteiger partial charge in [0.05, 0.1) is 31.2 Å². The summed E-state index contributed by atoms with van der Waals surface area (Å²) in [5.74, 6) is 0.921. The summed E-state index contributed by atoms with van der Waals surface area (Å²) in [5, 5.41) is 0. The fraction of sp³-hybridized carbons (Fsp3) is 0.364. The highest BCUT2D eigenvalue weighted by Gasteiger charge is 2.21. The van der Waals surface area contributed by atoms with Crippen LogP contribution in [0.25, 0.3) is 11.0 Å². The summed E-state index contributed by atoms with van der Waals surface area (Å²) >= 11 is 0. The van der Waals surface area contributed by atoms with Crippen molar-refractivity contribution in [2.45, 2.75) is 13.1 Å². The van der Waals surface area contributed by atoms with Crippen LogP contribution >= 0.6 is 0 Å². The number of aromatic nitrogens is 2. The number of benzene rings is 2. The van der Waals surface area contributed by atoms with Crippen LogP contribution in [0.4, 0.5) is 0 Å². The number of nitrogens with zero attached hydrogens (tertiary/aromatic N) is 4. The van der Waals surface area contributed by atoms with Crippen LogP contribution in [-0.2, 0) is 22.6 Å². The molecular weight excluding hydrogens is 352 g/mol. The lowest BCUT2D eigenvalue weighted by Crippen LogP contribution is -2.47. The van der Waals surface area contributed by atoms with E-state index in [1.165, 1.54) is 18.2 Å². The number of carbonyl (C=O) groups excluding carboxylic acids is 1. The molecule has 1 saturated heterocycles. The number of hydrogen-bond donors (Lipinski definition) is 0. The smallest absolute Gasteiger partial charge is 0.319 e. The standard InChI is InChI=1S/C22H26N4O2/c1-28-22(27)17-25-13-11-24(12-14-25)16-21-23-19-9-5-6-10-20(19)26(21)15-18-7-3-2-4-8-18/h2-10H,11-17H2,1H3. The average Bonchev–Trinajstić information content (AvgIpc) is 3.07. The minimum absolute atomic E-state index is 0.168. The van der Waals surface area contributed by atoms with E-state index < -0.39 is 0 Å². The Hall–Kier alpha value is -2.70. The molecule has 146 valence electrons. The van der Waals surface area contributed by atoms with Gasteiger partial charge in [-0.3, -0.25) is 14.6 Å². The maximum absolute atomic E-state index is 11.5. The molecule has 2 heterocycles. The number of esters is 1. The van der Waals surface area contributed by atoms with Crippen molar-refractivity contribution in [1.29, 1.82) is 0 Å². The van der Waals surface area contributed by atoms with Crippen molar-refractivity contribution in [1.82, 2.24) is 19.4 Å². The number of imidazole rings is 1. The Kier molecular flexibility index (Phi) is 5.69. The first-order chi connectivity index (χ1) is 13.7. The highest BCUT2D eigenvalue weighted by molar-refractivity contribution is 5.76. The third kappa shape index (κ3) is 4.24. The SMILES string of the molecule is COC(=O)CN1CCN(Cc2nc3ccccc3n2Cc2ccccc2)CC1. The monoisotopic (exact) mass is 378 g/mol. The Balaban J connectivity index is 1.49. The van der Waals surface area contributed by atoms with Crippen LogP contribution in [-0.4, -0.2) is 65.2 Å². The van der Waals surface area contributed by atoms with Gasteiger partial charge in [0.15, 0.2) is 0 Å². The Labute approximate surface area is 165 Å². The number of rotatable bonds is 6. The molecule has 0 saturated carbocycles. The van der Waals surface area contributed by atoms with Crippen LogP contribution in [0, 0.1) is 0 Å². The van der Waals surface area contributed by atoms with E-state index in [2.05, 4.69) is 56.8 Å². The van der Waals surface area contributed by atoms with E-state index in [0.29, 0.717) is 6.54 Å². The molecule has 1 aliphatic rings. The van der Waals surface area contributed by atoms with Crippen molar-refractivity contribution in [2.75, 3.05) is 39.8 Å². The van der Waals surface area contributed by atoms with E-state index in [1.54, 1.807) is 0 Å². The molecule has 0 bridgehead atoms. The van der Waals surface area contributed by atoms with Gasteiger partial charge < -0.3 is 9.30 Å². The molecule has 0 spiro atoms. The first kappa shape index (κ1) is 18.7. The van der Waals surface area contributed by atoms with Crippen LogP contribution in [0.2, 0.25) is 0 Å². The molecular formula is C22H26N4O2. The fourth-order valence-corrected chi connectivity index (χ4v) is 3.74. The third-order valence-electron chi connectivity index (χ3n) is 5.33. The molecule has 28 heavy (non-hydrogen) atoms. The Morgan fingerprint density at radius 2 is 1.61 bits per heavy atom. The van der Waals surface area contributed by atoms with Gasteiger partial charge in [-0.05, 0) is 17.7 Å². The first-order valence-corrected chi connectivity index (χ1v) is 9.72. The summed E-state index contributed by atoms with van der Waals surface area (Å²) in [6, 6.07) is 18.8. The van der Waals surface area contributed by atoms with Crippen LogP contribution < -0.4 is 0 Å². The number of fused-ring (bicyclic) bond motifs is 1. The lowest BCUT2D eigenvalue weighted by molar-refractivity contribution is -0.142. The van der Waals surface area contributed by atoms with Gasteiger partial charge >= 0.3 is 5.97 Å². The van der Waals surface area contributed by atoms with Crippen LogP contribution in [0.15, 0.2) is 54.6 Å². The lowest BCUT2D eigenvalue weighted by atomic mass is 10.2. The molecule has 4 rings (SSSR count). The van der Waals surface area contributed by atoms with E-state index >= 15 is 0 Å². The molecule has 0 aliphatic carbocycles. The summed E-state index contributed by atoms with van der Waals surface area (Å²) in [5.41, 5.74) is 3.48. The number of carbonyl (C=O) groups is 1. The summed E-state index contributed by atoms with van der Waals surface area (Å²) in [4.78, 5) is 21.0. The minimum Gasteiger partial charge on any atom is -0.468 e. The van der Waals surface area contributed by atoms with Crippen LogP contribution in [0.3, 0.4) is 0 Å². The van der Waals surface area contributed by atoms with Crippen molar-refractivity contribution < 1.29 is 9.53 Å². The molecule has 0 amide bonds. The predicted molar refractivity (Wildman–Crippen MR) is 109 cm³/mol. The number of hydrogen-bond acceptors (Lipinski definition) is 5. The second-order valence-corrected chi connectivity index (χ2v) is 7.22. The van der Waals surface area contributed by atoms with Crippen LogP contribution in [0.5, 0.6) is 0 Å². The summed E-state index contributed by atoms with van der Waals surface area (Å²) in [6.45, 7) is 5.59. The summed E-state index contributed by atoms with van der Waals surface area (Å²) in [6.07, 6.45) is 0. The maximum atomic E-state index is 11.5. The average molecular weight is 378 g/mol. The molecule has 0 radical (unpaired) electrons. The van der Waals surface area contributed by atoms with Crippen molar-refractivity contribution in [3.8, 4) is 0 Å². The summed E-state index contributed by atoms with van der Waals surface area (Å²) in [7, 11) is 1.44. The van der Waals surface area contributed by atoms with Gasteiger partial charge in [0.1, 0.15) is 5.82 Å². The maximum Gasteiger partial charge on any atom is 0.319 e. The van der Waals surface area contributed by atoms with Crippen molar-refractivity contribution in [3.05, 3.63) is 66.0 Å². The van der Waals surface area contributed by atoms with Crippen LogP contribution in [0.1, 0.15) is 11.4 Å². The van der Waals surface area contributed by atoms with Gasteiger partial charge in [-0.1, -0.05) is 42.5 Å². The van der Waals surface area contributed by atoms with E-state index in [-0.39, 0.29) is 5.97 Å². The van der Waals surface area contributed by atoms with Crippen molar-refractivity contribution >= 4 is 17.0 Å². The van der Waals surface area contributed by atoms with Crippen molar-refractivity contribution in [2.24, 2.45) is 0 Å². The first-order valence-electron chi connectivity index (χ1n) is 9.72. The molecule has 1 fully saturated rings. The zero-order valence-corrected chi connectivity index (χ0v) is 16.3. The number of methoxy groups -OCH3 is 1. The number of para-hydroxylation sites is 2. The molecule has 0 unspecified atom stereocenters.